The molecule has 7 nitrogen and oxygen atoms in total. The van der Waals surface area contributed by atoms with Gasteiger partial charge >= 0.3 is 6.03 Å². The minimum atomic E-state index is -0.368. The molecule has 3 heterocycles. The number of carbonyl (C=O) groups excluding carboxylic acids is 2. The molecule has 0 aliphatic carbocycles. The highest BCUT2D eigenvalue weighted by Gasteiger charge is 2.33. The number of nitrogens with one attached hydrogen (secondary N) is 1. The number of ether oxygens (including phenoxy) is 1. The minimum Gasteiger partial charge on any atom is -0.487 e. The molecule has 2 aromatic carbocycles. The van der Waals surface area contributed by atoms with Crippen molar-refractivity contribution in [3.63, 3.8) is 0 Å². The summed E-state index contributed by atoms with van der Waals surface area (Å²) in [5, 5.41) is 4.13. The number of hydrogen-bond donors (Lipinski definition) is 1. The van der Waals surface area contributed by atoms with Crippen molar-refractivity contribution < 1.29 is 14.3 Å². The number of Topliss-reactive ketones (excluding diaryl/α,β-unsaturated/α-hetero) is 1. The van der Waals surface area contributed by atoms with Crippen LogP contribution in [0.5, 0.6) is 5.75 Å². The van der Waals surface area contributed by atoms with Gasteiger partial charge in [-0.15, -0.1) is 11.8 Å². The molecule has 2 atom stereocenters. The molecule has 5 rings (SSSR count). The van der Waals surface area contributed by atoms with Crippen LogP contribution in [0.2, 0.25) is 0 Å². The second-order valence-corrected chi connectivity index (χ2v) is 9.74. The first-order chi connectivity index (χ1) is 17.0. The Morgan fingerprint density at radius 3 is 2.69 bits per heavy atom. The molecule has 2 aromatic heterocycles. The number of ketones is 1. The Labute approximate surface area is 208 Å². The molecule has 0 spiro atoms. The predicted molar refractivity (Wildman–Crippen MR) is 138 cm³/mol. The third kappa shape index (κ3) is 4.67. The lowest BCUT2D eigenvalue weighted by Gasteiger charge is -2.14. The Morgan fingerprint density at radius 1 is 1.11 bits per heavy atom. The molecule has 35 heavy (non-hydrogen) atoms. The molecular weight excluding hydrogens is 460 g/mol. The minimum absolute atomic E-state index is 0.000765. The largest absolute Gasteiger partial charge is 0.487 e. The van der Waals surface area contributed by atoms with Crippen molar-refractivity contribution in [2.24, 2.45) is 0 Å². The van der Waals surface area contributed by atoms with E-state index in [0.29, 0.717) is 34.6 Å². The monoisotopic (exact) mass is 486 g/mol. The summed E-state index contributed by atoms with van der Waals surface area (Å²) in [6, 6.07) is 18.7. The molecular formula is C27H26N4O3S. The summed E-state index contributed by atoms with van der Waals surface area (Å²) in [4.78, 5) is 32.4. The SMILES string of the molecule is CN(C)C(=O)n1cc(C(=O)[C@@H]2CSC(c3cccnc3)N2)c2cccc(OCc3ccccc3)c21. The maximum Gasteiger partial charge on any atom is 0.328 e. The fraction of sp³-hybridized carbons (Fsp3) is 0.222. The molecule has 1 N–H and O–H groups in total. The maximum atomic E-state index is 13.7. The van der Waals surface area contributed by atoms with Gasteiger partial charge in [0.2, 0.25) is 0 Å². The third-order valence-electron chi connectivity index (χ3n) is 5.97. The van der Waals surface area contributed by atoms with Crippen molar-refractivity contribution in [2.45, 2.75) is 18.0 Å². The van der Waals surface area contributed by atoms with Crippen LogP contribution in [-0.4, -0.2) is 52.2 Å². The summed E-state index contributed by atoms with van der Waals surface area (Å²) < 4.78 is 7.66. The van der Waals surface area contributed by atoms with Gasteiger partial charge in [-0.25, -0.2) is 4.79 Å². The van der Waals surface area contributed by atoms with E-state index < -0.39 is 0 Å². The van der Waals surface area contributed by atoms with Gasteiger partial charge in [-0.05, 0) is 23.3 Å². The van der Waals surface area contributed by atoms with E-state index in [1.54, 1.807) is 38.3 Å². The molecule has 1 aliphatic rings. The Kier molecular flexibility index (Phi) is 6.57. The molecule has 1 aliphatic heterocycles. The van der Waals surface area contributed by atoms with Gasteiger partial charge in [0, 0.05) is 49.4 Å². The van der Waals surface area contributed by atoms with Crippen LogP contribution in [0.15, 0.2) is 79.3 Å². The Balaban J connectivity index is 1.48. The molecule has 1 fully saturated rings. The molecule has 1 unspecified atom stereocenters. The Morgan fingerprint density at radius 2 is 1.94 bits per heavy atom. The zero-order chi connectivity index (χ0) is 24.4. The summed E-state index contributed by atoms with van der Waals surface area (Å²) >= 11 is 1.68. The third-order valence-corrected chi connectivity index (χ3v) is 7.23. The van der Waals surface area contributed by atoms with E-state index in [1.807, 2.05) is 66.9 Å². The van der Waals surface area contributed by atoms with Crippen molar-refractivity contribution in [2.75, 3.05) is 19.8 Å². The van der Waals surface area contributed by atoms with Crippen LogP contribution in [0, 0.1) is 0 Å². The second kappa shape index (κ2) is 9.93. The van der Waals surface area contributed by atoms with E-state index in [1.165, 1.54) is 9.47 Å². The molecule has 0 bridgehead atoms. The van der Waals surface area contributed by atoms with Gasteiger partial charge in [-0.1, -0.05) is 48.5 Å². The topological polar surface area (TPSA) is 76.5 Å². The molecule has 8 heteroatoms. The van der Waals surface area contributed by atoms with Crippen molar-refractivity contribution in [1.82, 2.24) is 19.8 Å². The van der Waals surface area contributed by atoms with Gasteiger partial charge in [-0.3, -0.25) is 19.7 Å². The normalized spacial score (nSPS) is 17.4. The number of aromatic nitrogens is 2. The van der Waals surface area contributed by atoms with Gasteiger partial charge < -0.3 is 9.64 Å². The van der Waals surface area contributed by atoms with Gasteiger partial charge in [0.25, 0.3) is 0 Å². The van der Waals surface area contributed by atoms with E-state index >= 15 is 0 Å². The molecule has 0 saturated carbocycles. The van der Waals surface area contributed by atoms with Crippen molar-refractivity contribution in [3.8, 4) is 5.75 Å². The number of rotatable bonds is 6. The number of fused-ring (bicyclic) bond motifs is 1. The molecule has 0 radical (unpaired) electrons. The predicted octanol–water partition coefficient (Wildman–Crippen LogP) is 4.73. The highest BCUT2D eigenvalue weighted by atomic mass is 32.2. The second-order valence-electron chi connectivity index (χ2n) is 8.60. The smallest absolute Gasteiger partial charge is 0.328 e. The quantitative estimate of drug-likeness (QED) is 0.397. The lowest BCUT2D eigenvalue weighted by Crippen LogP contribution is -2.34. The number of nitrogens with zero attached hydrogens (tertiary/aromatic N) is 3. The van der Waals surface area contributed by atoms with Crippen molar-refractivity contribution in [3.05, 3.63) is 95.9 Å². The van der Waals surface area contributed by atoms with Crippen molar-refractivity contribution >= 4 is 34.5 Å². The van der Waals surface area contributed by atoms with Gasteiger partial charge in [0.15, 0.2) is 5.78 Å². The zero-order valence-electron chi connectivity index (χ0n) is 19.5. The maximum absolute atomic E-state index is 13.7. The first-order valence-electron chi connectivity index (χ1n) is 11.4. The van der Waals surface area contributed by atoms with Gasteiger partial charge in [0.1, 0.15) is 17.9 Å². The number of pyridine rings is 1. The summed E-state index contributed by atoms with van der Waals surface area (Å²) in [6.45, 7) is 0.359. The number of benzene rings is 2. The molecule has 1 amide bonds. The standard InChI is InChI=1S/C27H26N4O3S/c1-30(2)27(33)31-15-21(25(32)22-17-35-26(29-22)19-10-7-13-28-14-19)20-11-6-12-23(24(20)31)34-16-18-8-4-3-5-9-18/h3-15,22,26,29H,16-17H2,1-2H3/t22-,26?/m0/s1. The summed E-state index contributed by atoms with van der Waals surface area (Å²) in [5.41, 5.74) is 3.16. The summed E-state index contributed by atoms with van der Waals surface area (Å²) in [5.74, 6) is 1.15. The number of para-hydroxylation sites is 1. The number of amides is 1. The van der Waals surface area contributed by atoms with Crippen LogP contribution in [0.4, 0.5) is 4.79 Å². The average molecular weight is 487 g/mol. The van der Waals surface area contributed by atoms with E-state index in [9.17, 15) is 9.59 Å². The van der Waals surface area contributed by atoms with Crippen LogP contribution in [0.1, 0.15) is 26.9 Å². The van der Waals surface area contributed by atoms with E-state index in [0.717, 1.165) is 11.1 Å². The van der Waals surface area contributed by atoms with Crippen LogP contribution < -0.4 is 10.1 Å². The Bertz CT molecular complexity index is 1360. The van der Waals surface area contributed by atoms with E-state index in [-0.39, 0.29) is 23.2 Å². The van der Waals surface area contributed by atoms with Gasteiger partial charge in [-0.2, -0.15) is 0 Å². The van der Waals surface area contributed by atoms with Gasteiger partial charge in [0.05, 0.1) is 11.4 Å². The van der Waals surface area contributed by atoms with Crippen LogP contribution in [0.3, 0.4) is 0 Å². The number of carbonyl (C=O) groups is 2. The average Bonchev–Trinajstić information content (AvgIpc) is 3.54. The molecule has 4 aromatic rings. The number of hydrogen-bond acceptors (Lipinski definition) is 6. The Hall–Kier alpha value is -3.62. The van der Waals surface area contributed by atoms with Crippen LogP contribution in [-0.2, 0) is 6.61 Å². The van der Waals surface area contributed by atoms with E-state index in [4.69, 9.17) is 4.74 Å². The first kappa shape index (κ1) is 23.1. The first-order valence-corrected chi connectivity index (χ1v) is 12.4. The highest BCUT2D eigenvalue weighted by molar-refractivity contribution is 7.99. The van der Waals surface area contributed by atoms with E-state index in [2.05, 4.69) is 10.3 Å². The molecule has 1 saturated heterocycles. The number of thioether (sulfide) groups is 1. The lowest BCUT2D eigenvalue weighted by molar-refractivity contribution is 0.0957. The fourth-order valence-electron chi connectivity index (χ4n) is 4.20. The van der Waals surface area contributed by atoms with Crippen molar-refractivity contribution in [1.29, 1.82) is 0 Å². The summed E-state index contributed by atoms with van der Waals surface area (Å²) in [6.07, 6.45) is 5.20. The highest BCUT2D eigenvalue weighted by Crippen LogP contribution is 2.36. The summed E-state index contributed by atoms with van der Waals surface area (Å²) in [7, 11) is 3.38. The zero-order valence-corrected chi connectivity index (χ0v) is 20.4. The van der Waals surface area contributed by atoms with Crippen LogP contribution >= 0.6 is 11.8 Å². The molecule has 178 valence electrons. The lowest BCUT2D eigenvalue weighted by atomic mass is 10.0. The fourth-order valence-corrected chi connectivity index (χ4v) is 5.42. The van der Waals surface area contributed by atoms with Crippen LogP contribution in [0.25, 0.3) is 10.9 Å².